The van der Waals surface area contributed by atoms with E-state index < -0.39 is 11.5 Å². The fourth-order valence-electron chi connectivity index (χ4n) is 1.37. The zero-order valence-electron chi connectivity index (χ0n) is 11.5. The maximum Gasteiger partial charge on any atom is 0.338 e. The summed E-state index contributed by atoms with van der Waals surface area (Å²) in [7, 11) is 0. The van der Waals surface area contributed by atoms with Crippen LogP contribution in [0.5, 0.6) is 0 Å². The Bertz CT molecular complexity index is 470. The van der Waals surface area contributed by atoms with Crippen LogP contribution in [0.2, 0.25) is 0 Å². The van der Waals surface area contributed by atoms with Gasteiger partial charge in [-0.3, -0.25) is 4.79 Å². The molecule has 1 aromatic carbocycles. The SMILES string of the molecule is CCOC(=O)c1cccc(NC(=O)C(C)(N)CC)c1. The van der Waals surface area contributed by atoms with Gasteiger partial charge in [-0.2, -0.15) is 0 Å². The highest BCUT2D eigenvalue weighted by molar-refractivity contribution is 5.99. The fourth-order valence-corrected chi connectivity index (χ4v) is 1.37. The van der Waals surface area contributed by atoms with Gasteiger partial charge in [-0.05, 0) is 38.5 Å². The van der Waals surface area contributed by atoms with Gasteiger partial charge in [0.05, 0.1) is 17.7 Å². The number of carbonyl (C=O) groups is 2. The van der Waals surface area contributed by atoms with Crippen LogP contribution in [0.3, 0.4) is 0 Å². The van der Waals surface area contributed by atoms with Crippen LogP contribution in [0.15, 0.2) is 24.3 Å². The molecule has 0 saturated carbocycles. The number of amides is 1. The van der Waals surface area contributed by atoms with E-state index >= 15 is 0 Å². The second-order valence-corrected chi connectivity index (χ2v) is 4.53. The fraction of sp³-hybridized carbons (Fsp3) is 0.429. The first-order valence-corrected chi connectivity index (χ1v) is 6.28. The van der Waals surface area contributed by atoms with Crippen LogP contribution in [-0.2, 0) is 9.53 Å². The molecule has 0 aliphatic heterocycles. The lowest BCUT2D eigenvalue weighted by molar-refractivity contribution is -0.120. The van der Waals surface area contributed by atoms with Gasteiger partial charge in [0.2, 0.25) is 5.91 Å². The predicted molar refractivity (Wildman–Crippen MR) is 73.9 cm³/mol. The van der Waals surface area contributed by atoms with Crippen molar-refractivity contribution < 1.29 is 14.3 Å². The van der Waals surface area contributed by atoms with Gasteiger partial charge in [-0.15, -0.1) is 0 Å². The first-order chi connectivity index (χ1) is 8.90. The van der Waals surface area contributed by atoms with E-state index in [4.69, 9.17) is 10.5 Å². The molecule has 0 aliphatic rings. The average Bonchev–Trinajstić information content (AvgIpc) is 2.39. The average molecular weight is 264 g/mol. The Labute approximate surface area is 113 Å². The van der Waals surface area contributed by atoms with Gasteiger partial charge in [0, 0.05) is 5.69 Å². The molecule has 1 rings (SSSR count). The van der Waals surface area contributed by atoms with E-state index in [9.17, 15) is 9.59 Å². The molecule has 5 nitrogen and oxygen atoms in total. The van der Waals surface area contributed by atoms with Crippen LogP contribution in [0.1, 0.15) is 37.6 Å². The van der Waals surface area contributed by atoms with Crippen LogP contribution in [-0.4, -0.2) is 24.0 Å². The number of rotatable bonds is 5. The lowest BCUT2D eigenvalue weighted by Gasteiger charge is -2.21. The summed E-state index contributed by atoms with van der Waals surface area (Å²) in [6.45, 7) is 5.56. The topological polar surface area (TPSA) is 81.4 Å². The first-order valence-electron chi connectivity index (χ1n) is 6.28. The Balaban J connectivity index is 2.83. The molecule has 1 aromatic rings. The lowest BCUT2D eigenvalue weighted by Crippen LogP contribution is -2.47. The van der Waals surface area contributed by atoms with Crippen molar-refractivity contribution in [2.24, 2.45) is 5.73 Å². The molecular formula is C14H20N2O3. The number of nitrogens with one attached hydrogen (secondary N) is 1. The molecule has 19 heavy (non-hydrogen) atoms. The lowest BCUT2D eigenvalue weighted by atomic mass is 9.99. The largest absolute Gasteiger partial charge is 0.462 e. The van der Waals surface area contributed by atoms with Crippen LogP contribution >= 0.6 is 0 Å². The van der Waals surface area contributed by atoms with Crippen molar-refractivity contribution >= 4 is 17.6 Å². The van der Waals surface area contributed by atoms with Crippen molar-refractivity contribution in [1.82, 2.24) is 0 Å². The van der Waals surface area contributed by atoms with E-state index in [1.54, 1.807) is 38.1 Å². The number of esters is 1. The molecule has 0 saturated heterocycles. The Morgan fingerprint density at radius 3 is 2.63 bits per heavy atom. The van der Waals surface area contributed by atoms with Crippen LogP contribution in [0, 0.1) is 0 Å². The first kappa shape index (κ1) is 15.2. The Morgan fingerprint density at radius 2 is 2.05 bits per heavy atom. The van der Waals surface area contributed by atoms with Crippen LogP contribution in [0.4, 0.5) is 5.69 Å². The molecule has 0 aromatic heterocycles. The van der Waals surface area contributed by atoms with Crippen molar-refractivity contribution in [1.29, 1.82) is 0 Å². The second kappa shape index (κ2) is 6.33. The zero-order valence-corrected chi connectivity index (χ0v) is 11.5. The summed E-state index contributed by atoms with van der Waals surface area (Å²) in [5.41, 5.74) is 5.85. The maximum atomic E-state index is 11.9. The number of anilines is 1. The van der Waals surface area contributed by atoms with Crippen molar-refractivity contribution in [2.45, 2.75) is 32.7 Å². The number of carbonyl (C=O) groups excluding carboxylic acids is 2. The molecular weight excluding hydrogens is 244 g/mol. The third-order valence-electron chi connectivity index (χ3n) is 2.88. The smallest absolute Gasteiger partial charge is 0.338 e. The molecule has 0 bridgehead atoms. The van der Waals surface area contributed by atoms with Gasteiger partial charge in [0.15, 0.2) is 0 Å². The van der Waals surface area contributed by atoms with Crippen LogP contribution < -0.4 is 11.1 Å². The minimum absolute atomic E-state index is 0.281. The molecule has 1 unspecified atom stereocenters. The zero-order chi connectivity index (χ0) is 14.5. The van der Waals surface area contributed by atoms with Gasteiger partial charge >= 0.3 is 5.97 Å². The van der Waals surface area contributed by atoms with Crippen LogP contribution in [0.25, 0.3) is 0 Å². The number of ether oxygens (including phenoxy) is 1. The van der Waals surface area contributed by atoms with E-state index in [1.165, 1.54) is 0 Å². The van der Waals surface area contributed by atoms with Gasteiger partial charge in [0.1, 0.15) is 0 Å². The molecule has 0 fully saturated rings. The number of nitrogens with two attached hydrogens (primary N) is 1. The summed E-state index contributed by atoms with van der Waals surface area (Å²) in [5, 5.41) is 2.70. The highest BCUT2D eigenvalue weighted by atomic mass is 16.5. The number of hydrogen-bond acceptors (Lipinski definition) is 4. The number of hydrogen-bond donors (Lipinski definition) is 2. The predicted octanol–water partition coefficient (Wildman–Crippen LogP) is 1.93. The summed E-state index contributed by atoms with van der Waals surface area (Å²) in [4.78, 5) is 23.5. The van der Waals surface area contributed by atoms with Crippen molar-refractivity contribution in [3.63, 3.8) is 0 Å². The maximum absolute atomic E-state index is 11.9. The van der Waals surface area contributed by atoms with Crippen molar-refractivity contribution in [3.8, 4) is 0 Å². The Morgan fingerprint density at radius 1 is 1.37 bits per heavy atom. The molecule has 5 heteroatoms. The second-order valence-electron chi connectivity index (χ2n) is 4.53. The summed E-state index contributed by atoms with van der Waals surface area (Å²) in [5.74, 6) is -0.694. The molecule has 0 radical (unpaired) electrons. The van der Waals surface area contributed by atoms with E-state index in [2.05, 4.69) is 5.32 Å². The van der Waals surface area contributed by atoms with E-state index in [0.717, 1.165) is 0 Å². The molecule has 104 valence electrons. The van der Waals surface area contributed by atoms with E-state index in [-0.39, 0.29) is 5.91 Å². The standard InChI is InChI=1S/C14H20N2O3/c1-4-14(3,15)13(18)16-11-8-6-7-10(9-11)12(17)19-5-2/h6-9H,4-5,15H2,1-3H3,(H,16,18). The third kappa shape index (κ3) is 4.06. The number of benzene rings is 1. The summed E-state index contributed by atoms with van der Waals surface area (Å²) in [6.07, 6.45) is 0.524. The normalized spacial score (nSPS) is 13.5. The summed E-state index contributed by atoms with van der Waals surface area (Å²) >= 11 is 0. The summed E-state index contributed by atoms with van der Waals surface area (Å²) < 4.78 is 4.90. The monoisotopic (exact) mass is 264 g/mol. The van der Waals surface area contributed by atoms with E-state index in [0.29, 0.717) is 24.3 Å². The Hall–Kier alpha value is -1.88. The molecule has 3 N–H and O–H groups in total. The van der Waals surface area contributed by atoms with Gasteiger partial charge in [-0.25, -0.2) is 4.79 Å². The highest BCUT2D eigenvalue weighted by Crippen LogP contribution is 2.14. The molecule has 0 heterocycles. The molecule has 0 aliphatic carbocycles. The van der Waals surface area contributed by atoms with Crippen molar-refractivity contribution in [2.75, 3.05) is 11.9 Å². The molecule has 1 atom stereocenters. The highest BCUT2D eigenvalue weighted by Gasteiger charge is 2.26. The van der Waals surface area contributed by atoms with E-state index in [1.807, 2.05) is 6.92 Å². The Kier molecular flexibility index (Phi) is 5.06. The molecule has 0 spiro atoms. The van der Waals surface area contributed by atoms with Crippen molar-refractivity contribution in [3.05, 3.63) is 29.8 Å². The van der Waals surface area contributed by atoms with Gasteiger partial charge in [-0.1, -0.05) is 13.0 Å². The summed E-state index contributed by atoms with van der Waals surface area (Å²) in [6, 6.07) is 6.59. The van der Waals surface area contributed by atoms with Gasteiger partial charge in [0.25, 0.3) is 0 Å². The quantitative estimate of drug-likeness (QED) is 0.796. The third-order valence-corrected chi connectivity index (χ3v) is 2.88. The molecule has 1 amide bonds. The minimum Gasteiger partial charge on any atom is -0.462 e. The minimum atomic E-state index is -0.931. The van der Waals surface area contributed by atoms with Gasteiger partial charge < -0.3 is 15.8 Å².